The number of ether oxygens (including phenoxy) is 2. The Morgan fingerprint density at radius 3 is 2.78 bits per heavy atom. The van der Waals surface area contributed by atoms with Gasteiger partial charge in [-0.3, -0.25) is 4.98 Å². The summed E-state index contributed by atoms with van der Waals surface area (Å²) in [6, 6.07) is 6.12. The molecule has 0 saturated carbocycles. The zero-order valence-corrected chi connectivity index (χ0v) is 10.4. The van der Waals surface area contributed by atoms with Crippen LogP contribution in [0.4, 0.5) is 5.69 Å². The minimum atomic E-state index is 0.786. The zero-order valence-electron chi connectivity index (χ0n) is 10.4. The third-order valence-corrected chi connectivity index (χ3v) is 3.33. The predicted octanol–water partition coefficient (Wildman–Crippen LogP) is 2.08. The first-order valence-corrected chi connectivity index (χ1v) is 6.13. The molecule has 0 amide bonds. The SMILES string of the molecule is COc1ccc(N2CCOCC2)c2cnccc12. The van der Waals surface area contributed by atoms with E-state index in [-0.39, 0.29) is 0 Å². The van der Waals surface area contributed by atoms with Gasteiger partial charge >= 0.3 is 0 Å². The van der Waals surface area contributed by atoms with E-state index in [9.17, 15) is 0 Å². The molecule has 18 heavy (non-hydrogen) atoms. The van der Waals surface area contributed by atoms with Crippen molar-refractivity contribution in [3.8, 4) is 5.75 Å². The minimum absolute atomic E-state index is 0.786. The highest BCUT2D eigenvalue weighted by atomic mass is 16.5. The van der Waals surface area contributed by atoms with Gasteiger partial charge in [-0.25, -0.2) is 0 Å². The molecule has 1 saturated heterocycles. The fourth-order valence-corrected chi connectivity index (χ4v) is 2.41. The average Bonchev–Trinajstić information content (AvgIpc) is 2.47. The number of methoxy groups -OCH3 is 1. The summed E-state index contributed by atoms with van der Waals surface area (Å²) in [7, 11) is 1.70. The zero-order chi connectivity index (χ0) is 12.4. The summed E-state index contributed by atoms with van der Waals surface area (Å²) in [5, 5.41) is 2.25. The first-order valence-electron chi connectivity index (χ1n) is 6.13. The van der Waals surface area contributed by atoms with Crippen molar-refractivity contribution in [2.24, 2.45) is 0 Å². The second-order valence-electron chi connectivity index (χ2n) is 4.31. The molecule has 4 nitrogen and oxygen atoms in total. The fourth-order valence-electron chi connectivity index (χ4n) is 2.41. The number of fused-ring (bicyclic) bond motifs is 1. The summed E-state index contributed by atoms with van der Waals surface area (Å²) in [6.45, 7) is 3.42. The lowest BCUT2D eigenvalue weighted by Gasteiger charge is -2.30. The third kappa shape index (κ3) is 1.88. The van der Waals surface area contributed by atoms with Gasteiger partial charge in [0.1, 0.15) is 5.75 Å². The van der Waals surface area contributed by atoms with Crippen molar-refractivity contribution in [1.82, 2.24) is 4.98 Å². The van der Waals surface area contributed by atoms with Gasteiger partial charge in [-0.05, 0) is 18.2 Å². The molecule has 2 aromatic rings. The van der Waals surface area contributed by atoms with Gasteiger partial charge in [0.2, 0.25) is 0 Å². The van der Waals surface area contributed by atoms with E-state index in [2.05, 4.69) is 16.0 Å². The van der Waals surface area contributed by atoms with Gasteiger partial charge in [0.25, 0.3) is 0 Å². The van der Waals surface area contributed by atoms with Gasteiger partial charge < -0.3 is 14.4 Å². The Morgan fingerprint density at radius 2 is 2.00 bits per heavy atom. The first-order chi connectivity index (χ1) is 8.90. The second kappa shape index (κ2) is 4.82. The molecule has 3 rings (SSSR count). The summed E-state index contributed by atoms with van der Waals surface area (Å²) < 4.78 is 10.8. The number of rotatable bonds is 2. The molecule has 0 unspecified atom stereocenters. The average molecular weight is 244 g/mol. The number of nitrogens with zero attached hydrogens (tertiary/aromatic N) is 2. The number of anilines is 1. The lowest BCUT2D eigenvalue weighted by molar-refractivity contribution is 0.123. The largest absolute Gasteiger partial charge is 0.496 e. The Bertz CT molecular complexity index is 550. The van der Waals surface area contributed by atoms with Crippen molar-refractivity contribution in [2.75, 3.05) is 38.3 Å². The summed E-state index contributed by atoms with van der Waals surface area (Å²) >= 11 is 0. The van der Waals surface area contributed by atoms with Crippen LogP contribution in [0.2, 0.25) is 0 Å². The number of hydrogen-bond donors (Lipinski definition) is 0. The fraction of sp³-hybridized carbons (Fsp3) is 0.357. The molecular formula is C14H16N2O2. The highest BCUT2D eigenvalue weighted by molar-refractivity contribution is 5.97. The van der Waals surface area contributed by atoms with E-state index in [4.69, 9.17) is 9.47 Å². The van der Waals surface area contributed by atoms with Crippen LogP contribution in [0.15, 0.2) is 30.6 Å². The molecule has 0 atom stereocenters. The maximum atomic E-state index is 5.40. The lowest BCUT2D eigenvalue weighted by atomic mass is 10.1. The monoisotopic (exact) mass is 244 g/mol. The molecule has 1 aliphatic heterocycles. The molecule has 94 valence electrons. The highest BCUT2D eigenvalue weighted by Crippen LogP contribution is 2.33. The standard InChI is InChI=1S/C14H16N2O2/c1-17-14-3-2-13(16-6-8-18-9-7-16)12-10-15-5-4-11(12)14/h2-5,10H,6-9H2,1H3. The van der Waals surface area contributed by atoms with E-state index >= 15 is 0 Å². The Morgan fingerprint density at radius 1 is 1.17 bits per heavy atom. The maximum Gasteiger partial charge on any atom is 0.126 e. The van der Waals surface area contributed by atoms with E-state index in [1.165, 1.54) is 5.69 Å². The van der Waals surface area contributed by atoms with Gasteiger partial charge in [0, 0.05) is 41.9 Å². The normalized spacial score (nSPS) is 15.9. The van der Waals surface area contributed by atoms with Crippen LogP contribution in [0, 0.1) is 0 Å². The van der Waals surface area contributed by atoms with Crippen LogP contribution in [0.3, 0.4) is 0 Å². The van der Waals surface area contributed by atoms with Gasteiger partial charge in [-0.2, -0.15) is 0 Å². The molecular weight excluding hydrogens is 228 g/mol. The van der Waals surface area contributed by atoms with Crippen molar-refractivity contribution in [1.29, 1.82) is 0 Å². The van der Waals surface area contributed by atoms with Crippen molar-refractivity contribution in [3.63, 3.8) is 0 Å². The molecule has 1 aliphatic rings. The predicted molar refractivity (Wildman–Crippen MR) is 71.3 cm³/mol. The summed E-state index contributed by atoms with van der Waals surface area (Å²) in [6.07, 6.45) is 3.70. The quantitative estimate of drug-likeness (QED) is 0.810. The number of morpholine rings is 1. The molecule has 0 bridgehead atoms. The smallest absolute Gasteiger partial charge is 0.126 e. The van der Waals surface area contributed by atoms with Crippen molar-refractivity contribution >= 4 is 16.5 Å². The van der Waals surface area contributed by atoms with Crippen molar-refractivity contribution in [3.05, 3.63) is 30.6 Å². The molecule has 1 aromatic heterocycles. The molecule has 1 aromatic carbocycles. The van der Waals surface area contributed by atoms with E-state index in [1.807, 2.05) is 18.3 Å². The minimum Gasteiger partial charge on any atom is -0.496 e. The van der Waals surface area contributed by atoms with Crippen LogP contribution in [0.25, 0.3) is 10.8 Å². The van der Waals surface area contributed by atoms with Gasteiger partial charge in [0.05, 0.1) is 20.3 Å². The molecule has 0 N–H and O–H groups in total. The second-order valence-corrected chi connectivity index (χ2v) is 4.31. The number of benzene rings is 1. The van der Waals surface area contributed by atoms with Crippen LogP contribution in [-0.2, 0) is 4.74 Å². The Hall–Kier alpha value is -1.81. The van der Waals surface area contributed by atoms with Crippen molar-refractivity contribution in [2.45, 2.75) is 0 Å². The number of hydrogen-bond acceptors (Lipinski definition) is 4. The molecule has 2 heterocycles. The van der Waals surface area contributed by atoms with E-state index in [0.29, 0.717) is 0 Å². The molecule has 1 fully saturated rings. The van der Waals surface area contributed by atoms with E-state index in [1.54, 1.807) is 13.3 Å². The van der Waals surface area contributed by atoms with E-state index in [0.717, 1.165) is 42.8 Å². The summed E-state index contributed by atoms with van der Waals surface area (Å²) in [5.41, 5.74) is 1.21. The van der Waals surface area contributed by atoms with Gasteiger partial charge in [0.15, 0.2) is 0 Å². The maximum absolute atomic E-state index is 5.40. The van der Waals surface area contributed by atoms with E-state index < -0.39 is 0 Å². The highest BCUT2D eigenvalue weighted by Gasteiger charge is 2.15. The van der Waals surface area contributed by atoms with Crippen LogP contribution >= 0.6 is 0 Å². The van der Waals surface area contributed by atoms with Crippen LogP contribution in [-0.4, -0.2) is 38.4 Å². The van der Waals surface area contributed by atoms with Crippen LogP contribution < -0.4 is 9.64 Å². The van der Waals surface area contributed by atoms with Gasteiger partial charge in [-0.15, -0.1) is 0 Å². The summed E-state index contributed by atoms with van der Waals surface area (Å²) in [5.74, 6) is 0.893. The Labute approximate surface area is 106 Å². The first kappa shape index (κ1) is 11.3. The topological polar surface area (TPSA) is 34.6 Å². The summed E-state index contributed by atoms with van der Waals surface area (Å²) in [4.78, 5) is 6.57. The van der Waals surface area contributed by atoms with Crippen molar-refractivity contribution < 1.29 is 9.47 Å². The van der Waals surface area contributed by atoms with Gasteiger partial charge in [-0.1, -0.05) is 0 Å². The number of pyridine rings is 1. The Kier molecular flexibility index (Phi) is 3.02. The Balaban J connectivity index is 2.12. The molecule has 0 aliphatic carbocycles. The number of aromatic nitrogens is 1. The third-order valence-electron chi connectivity index (χ3n) is 3.33. The molecule has 0 radical (unpaired) electrons. The molecule has 0 spiro atoms. The van der Waals surface area contributed by atoms with Crippen LogP contribution in [0.1, 0.15) is 0 Å². The lowest BCUT2D eigenvalue weighted by Crippen LogP contribution is -2.36. The molecule has 4 heteroatoms. The van der Waals surface area contributed by atoms with Crippen LogP contribution in [0.5, 0.6) is 5.75 Å².